The average molecular weight is 382 g/mol. The second-order valence-electron chi connectivity index (χ2n) is 6.31. The topological polar surface area (TPSA) is 115 Å². The van der Waals surface area contributed by atoms with E-state index in [1.54, 1.807) is 31.2 Å². The van der Waals surface area contributed by atoms with Gasteiger partial charge in [0, 0.05) is 11.4 Å². The Bertz CT molecular complexity index is 1030. The molecule has 8 nitrogen and oxygen atoms in total. The number of benzene rings is 2. The second kappa shape index (κ2) is 7.87. The van der Waals surface area contributed by atoms with E-state index in [-0.39, 0.29) is 29.7 Å². The van der Waals surface area contributed by atoms with Crippen molar-refractivity contribution in [3.05, 3.63) is 65.1 Å². The lowest BCUT2D eigenvalue weighted by atomic mass is 10.2. The SMILES string of the molecule is Cc1ccc(NC(=O)Cn2nnc(C(=O)Nc3ccc(C)c(F)c3)c2N)cc1. The van der Waals surface area contributed by atoms with Crippen molar-refractivity contribution in [1.82, 2.24) is 15.0 Å². The molecule has 0 aliphatic carbocycles. The number of carbonyl (C=O) groups excluding carboxylic acids is 2. The maximum absolute atomic E-state index is 13.6. The normalized spacial score (nSPS) is 10.5. The Morgan fingerprint density at radius 3 is 2.43 bits per heavy atom. The first kappa shape index (κ1) is 19.0. The molecule has 4 N–H and O–H groups in total. The highest BCUT2D eigenvalue weighted by Gasteiger charge is 2.19. The zero-order valence-corrected chi connectivity index (χ0v) is 15.4. The van der Waals surface area contributed by atoms with Crippen molar-refractivity contribution < 1.29 is 14.0 Å². The number of nitrogens with one attached hydrogen (secondary N) is 2. The minimum atomic E-state index is -0.647. The zero-order chi connectivity index (χ0) is 20.3. The van der Waals surface area contributed by atoms with Gasteiger partial charge in [-0.3, -0.25) is 9.59 Å². The number of nitrogens with zero attached hydrogens (tertiary/aromatic N) is 3. The highest BCUT2D eigenvalue weighted by molar-refractivity contribution is 6.05. The van der Waals surface area contributed by atoms with Crippen molar-refractivity contribution in [2.24, 2.45) is 0 Å². The average Bonchev–Trinajstić information content (AvgIpc) is 3.01. The van der Waals surface area contributed by atoms with Gasteiger partial charge in [-0.05, 0) is 43.7 Å². The minimum absolute atomic E-state index is 0.0656. The number of hydrogen-bond donors (Lipinski definition) is 3. The van der Waals surface area contributed by atoms with Crippen LogP contribution in [0.4, 0.5) is 21.6 Å². The fraction of sp³-hybridized carbons (Fsp3) is 0.158. The van der Waals surface area contributed by atoms with Crippen molar-refractivity contribution in [2.75, 3.05) is 16.4 Å². The highest BCUT2D eigenvalue weighted by Crippen LogP contribution is 2.16. The summed E-state index contributed by atoms with van der Waals surface area (Å²) < 4.78 is 14.7. The van der Waals surface area contributed by atoms with Crippen molar-refractivity contribution in [3.8, 4) is 0 Å². The van der Waals surface area contributed by atoms with Gasteiger partial charge in [0.05, 0.1) is 0 Å². The van der Waals surface area contributed by atoms with E-state index < -0.39 is 11.7 Å². The van der Waals surface area contributed by atoms with Gasteiger partial charge in [-0.25, -0.2) is 9.07 Å². The molecule has 0 saturated carbocycles. The number of carbonyl (C=O) groups is 2. The Morgan fingerprint density at radius 2 is 1.75 bits per heavy atom. The summed E-state index contributed by atoms with van der Waals surface area (Å²) in [7, 11) is 0. The van der Waals surface area contributed by atoms with Crippen LogP contribution in [0.2, 0.25) is 0 Å². The summed E-state index contributed by atoms with van der Waals surface area (Å²) in [6.45, 7) is 3.35. The van der Waals surface area contributed by atoms with Gasteiger partial charge in [0.25, 0.3) is 5.91 Å². The van der Waals surface area contributed by atoms with E-state index in [0.29, 0.717) is 11.3 Å². The number of nitrogen functional groups attached to an aromatic ring is 1. The van der Waals surface area contributed by atoms with Crippen molar-refractivity contribution in [3.63, 3.8) is 0 Å². The molecule has 28 heavy (non-hydrogen) atoms. The summed E-state index contributed by atoms with van der Waals surface area (Å²) in [5.74, 6) is -1.52. The molecule has 144 valence electrons. The molecule has 1 aromatic heterocycles. The maximum atomic E-state index is 13.6. The standard InChI is InChI=1S/C19H19FN6O2/c1-11-3-6-13(7-4-11)22-16(27)10-26-18(21)17(24-25-26)19(28)23-14-8-5-12(2)15(20)9-14/h3-9H,10,21H2,1-2H3,(H,22,27)(H,23,28). The summed E-state index contributed by atoms with van der Waals surface area (Å²) in [6, 6.07) is 11.6. The summed E-state index contributed by atoms with van der Waals surface area (Å²) in [5.41, 5.74) is 8.18. The second-order valence-corrected chi connectivity index (χ2v) is 6.31. The smallest absolute Gasteiger partial charge is 0.280 e. The van der Waals surface area contributed by atoms with Crippen molar-refractivity contribution in [2.45, 2.75) is 20.4 Å². The van der Waals surface area contributed by atoms with Crippen LogP contribution in [-0.2, 0) is 11.3 Å². The predicted octanol–water partition coefficient (Wildman–Crippen LogP) is 2.51. The van der Waals surface area contributed by atoms with E-state index in [1.165, 1.54) is 6.07 Å². The number of hydrogen-bond acceptors (Lipinski definition) is 5. The Morgan fingerprint density at radius 1 is 1.07 bits per heavy atom. The van der Waals surface area contributed by atoms with Gasteiger partial charge < -0.3 is 16.4 Å². The fourth-order valence-electron chi connectivity index (χ4n) is 2.43. The van der Waals surface area contributed by atoms with E-state index in [1.807, 2.05) is 19.1 Å². The quantitative estimate of drug-likeness (QED) is 0.627. The molecule has 0 atom stereocenters. The lowest BCUT2D eigenvalue weighted by Gasteiger charge is -2.07. The van der Waals surface area contributed by atoms with Crippen LogP contribution in [0, 0.1) is 19.7 Å². The maximum Gasteiger partial charge on any atom is 0.280 e. The number of anilines is 3. The molecule has 3 rings (SSSR count). The first-order chi connectivity index (χ1) is 13.3. The summed E-state index contributed by atoms with van der Waals surface area (Å²) in [5, 5.41) is 12.7. The van der Waals surface area contributed by atoms with Gasteiger partial charge in [-0.2, -0.15) is 0 Å². The summed E-state index contributed by atoms with van der Waals surface area (Å²) >= 11 is 0. The van der Waals surface area contributed by atoms with Gasteiger partial charge in [-0.1, -0.05) is 29.0 Å². The van der Waals surface area contributed by atoms with Crippen LogP contribution in [0.3, 0.4) is 0 Å². The molecule has 0 unspecified atom stereocenters. The van der Waals surface area contributed by atoms with E-state index >= 15 is 0 Å². The third kappa shape index (κ3) is 4.32. The Balaban J connectivity index is 1.67. The fourth-order valence-corrected chi connectivity index (χ4v) is 2.43. The van der Waals surface area contributed by atoms with Crippen LogP contribution >= 0.6 is 0 Å². The molecule has 0 aliphatic heterocycles. The highest BCUT2D eigenvalue weighted by atomic mass is 19.1. The largest absolute Gasteiger partial charge is 0.382 e. The number of aromatic nitrogens is 3. The summed E-state index contributed by atoms with van der Waals surface area (Å²) in [6.07, 6.45) is 0. The van der Waals surface area contributed by atoms with Crippen LogP contribution in [0.25, 0.3) is 0 Å². The van der Waals surface area contributed by atoms with Crippen LogP contribution in [0.5, 0.6) is 0 Å². The molecule has 0 aliphatic rings. The lowest BCUT2D eigenvalue weighted by molar-refractivity contribution is -0.116. The Labute approximate surface area is 160 Å². The molecule has 0 spiro atoms. The molecule has 0 fully saturated rings. The number of nitrogens with two attached hydrogens (primary N) is 1. The molecule has 9 heteroatoms. The first-order valence-electron chi connectivity index (χ1n) is 8.46. The molecule has 1 heterocycles. The van der Waals surface area contributed by atoms with Gasteiger partial charge in [0.1, 0.15) is 12.4 Å². The molecular formula is C19H19FN6O2. The van der Waals surface area contributed by atoms with Crippen LogP contribution in [0.1, 0.15) is 21.6 Å². The number of amides is 2. The minimum Gasteiger partial charge on any atom is -0.382 e. The van der Waals surface area contributed by atoms with E-state index in [0.717, 1.165) is 10.2 Å². The third-order valence-corrected chi connectivity index (χ3v) is 4.05. The molecule has 0 radical (unpaired) electrons. The predicted molar refractivity (Wildman–Crippen MR) is 103 cm³/mol. The first-order valence-corrected chi connectivity index (χ1v) is 8.46. The van der Waals surface area contributed by atoms with Crippen molar-refractivity contribution in [1.29, 1.82) is 0 Å². The Hall–Kier alpha value is -3.75. The van der Waals surface area contributed by atoms with E-state index in [2.05, 4.69) is 20.9 Å². The third-order valence-electron chi connectivity index (χ3n) is 4.05. The molecular weight excluding hydrogens is 363 g/mol. The zero-order valence-electron chi connectivity index (χ0n) is 15.4. The molecule has 2 amide bonds. The van der Waals surface area contributed by atoms with Gasteiger partial charge in [0.15, 0.2) is 11.5 Å². The molecule has 2 aromatic carbocycles. The monoisotopic (exact) mass is 382 g/mol. The van der Waals surface area contributed by atoms with Crippen LogP contribution in [0.15, 0.2) is 42.5 Å². The van der Waals surface area contributed by atoms with Crippen LogP contribution < -0.4 is 16.4 Å². The Kier molecular flexibility index (Phi) is 5.35. The summed E-state index contributed by atoms with van der Waals surface area (Å²) in [4.78, 5) is 24.5. The lowest BCUT2D eigenvalue weighted by Crippen LogP contribution is -2.21. The van der Waals surface area contributed by atoms with Crippen molar-refractivity contribution >= 4 is 29.0 Å². The number of rotatable bonds is 5. The van der Waals surface area contributed by atoms with Crippen LogP contribution in [-0.4, -0.2) is 26.8 Å². The molecule has 3 aromatic rings. The van der Waals surface area contributed by atoms with E-state index in [4.69, 9.17) is 5.73 Å². The van der Waals surface area contributed by atoms with Gasteiger partial charge in [0.2, 0.25) is 5.91 Å². The van der Waals surface area contributed by atoms with E-state index in [9.17, 15) is 14.0 Å². The molecule has 0 bridgehead atoms. The molecule has 0 saturated heterocycles. The number of aryl methyl sites for hydroxylation is 2. The number of halogens is 1. The van der Waals surface area contributed by atoms with Gasteiger partial charge >= 0.3 is 0 Å². The van der Waals surface area contributed by atoms with Gasteiger partial charge in [-0.15, -0.1) is 5.10 Å².